The standard InChI is InChI=1S/C31H39N3O4S/c1-23(2)20-32-31(36)29(19-26-11-7-6-8-12-26)34(21-27-13-9-10-25(4)18-27)30(35)22-33(5)39(37,38)28-16-14-24(3)15-17-28/h6-18,23,29H,19-22H2,1-5H3,(H,32,36). The highest BCUT2D eigenvalue weighted by molar-refractivity contribution is 7.89. The average molecular weight is 550 g/mol. The van der Waals surface area contributed by atoms with Crippen LogP contribution in [-0.2, 0) is 32.6 Å². The molecular formula is C31H39N3O4S. The largest absolute Gasteiger partial charge is 0.354 e. The van der Waals surface area contributed by atoms with Gasteiger partial charge in [-0.3, -0.25) is 9.59 Å². The van der Waals surface area contributed by atoms with Crippen LogP contribution in [0.5, 0.6) is 0 Å². The summed E-state index contributed by atoms with van der Waals surface area (Å²) in [5.74, 6) is -0.481. The lowest BCUT2D eigenvalue weighted by Gasteiger charge is -2.33. The molecule has 0 heterocycles. The van der Waals surface area contributed by atoms with Gasteiger partial charge < -0.3 is 10.2 Å². The molecule has 0 aliphatic rings. The van der Waals surface area contributed by atoms with Crippen LogP contribution in [0, 0.1) is 19.8 Å². The van der Waals surface area contributed by atoms with Gasteiger partial charge in [-0.05, 0) is 43.0 Å². The molecule has 208 valence electrons. The predicted molar refractivity (Wildman–Crippen MR) is 155 cm³/mol. The van der Waals surface area contributed by atoms with Crippen molar-refractivity contribution >= 4 is 21.8 Å². The van der Waals surface area contributed by atoms with Crippen molar-refractivity contribution < 1.29 is 18.0 Å². The van der Waals surface area contributed by atoms with Gasteiger partial charge in [0.1, 0.15) is 6.04 Å². The molecule has 0 spiro atoms. The van der Waals surface area contributed by atoms with Crippen molar-refractivity contribution in [2.24, 2.45) is 5.92 Å². The molecule has 0 aliphatic carbocycles. The molecule has 3 aromatic carbocycles. The zero-order chi connectivity index (χ0) is 28.6. The minimum atomic E-state index is -3.90. The minimum Gasteiger partial charge on any atom is -0.354 e. The summed E-state index contributed by atoms with van der Waals surface area (Å²) in [6.45, 7) is 8.10. The summed E-state index contributed by atoms with van der Waals surface area (Å²) in [7, 11) is -2.51. The Labute approximate surface area is 232 Å². The lowest BCUT2D eigenvalue weighted by Crippen LogP contribution is -2.53. The van der Waals surface area contributed by atoms with E-state index in [-0.39, 0.29) is 23.3 Å². The highest BCUT2D eigenvalue weighted by Crippen LogP contribution is 2.19. The van der Waals surface area contributed by atoms with Gasteiger partial charge in [0.05, 0.1) is 11.4 Å². The Kier molecular flexibility index (Phi) is 10.4. The second kappa shape index (κ2) is 13.5. The van der Waals surface area contributed by atoms with Gasteiger partial charge in [0, 0.05) is 26.6 Å². The number of nitrogens with one attached hydrogen (secondary N) is 1. The third kappa shape index (κ3) is 8.50. The molecule has 0 fully saturated rings. The molecule has 0 saturated heterocycles. The van der Waals surface area contributed by atoms with Crippen LogP contribution in [0.4, 0.5) is 0 Å². The van der Waals surface area contributed by atoms with Crippen LogP contribution in [0.2, 0.25) is 0 Å². The van der Waals surface area contributed by atoms with Crippen molar-refractivity contribution in [2.45, 2.75) is 51.6 Å². The Morgan fingerprint density at radius 3 is 2.10 bits per heavy atom. The number of amides is 2. The quantitative estimate of drug-likeness (QED) is 0.364. The Bertz CT molecular complexity index is 1360. The zero-order valence-electron chi connectivity index (χ0n) is 23.4. The van der Waals surface area contributed by atoms with E-state index in [9.17, 15) is 18.0 Å². The van der Waals surface area contributed by atoms with Crippen molar-refractivity contribution in [3.05, 3.63) is 101 Å². The molecule has 0 saturated carbocycles. The number of hydrogen-bond acceptors (Lipinski definition) is 4. The number of nitrogens with zero attached hydrogens (tertiary/aromatic N) is 2. The van der Waals surface area contributed by atoms with Crippen LogP contribution in [0.1, 0.15) is 36.1 Å². The number of hydrogen-bond donors (Lipinski definition) is 1. The van der Waals surface area contributed by atoms with Crippen LogP contribution < -0.4 is 5.32 Å². The summed E-state index contributed by atoms with van der Waals surface area (Å²) < 4.78 is 27.6. The number of benzene rings is 3. The maximum absolute atomic E-state index is 13.9. The molecule has 3 aromatic rings. The molecule has 0 aliphatic heterocycles. The normalized spacial score (nSPS) is 12.4. The number of aryl methyl sites for hydroxylation is 2. The third-order valence-electron chi connectivity index (χ3n) is 6.48. The van der Waals surface area contributed by atoms with Crippen LogP contribution >= 0.6 is 0 Å². The minimum absolute atomic E-state index is 0.115. The van der Waals surface area contributed by atoms with Gasteiger partial charge in [0.15, 0.2) is 0 Å². The SMILES string of the molecule is Cc1ccc(S(=O)(=O)N(C)CC(=O)N(Cc2cccc(C)c2)C(Cc2ccccc2)C(=O)NCC(C)C)cc1. The van der Waals surface area contributed by atoms with E-state index in [0.29, 0.717) is 13.0 Å². The first-order valence-corrected chi connectivity index (χ1v) is 14.6. The summed E-state index contributed by atoms with van der Waals surface area (Å²) in [5.41, 5.74) is 3.74. The van der Waals surface area contributed by atoms with Gasteiger partial charge in [-0.15, -0.1) is 0 Å². The number of carbonyl (C=O) groups excluding carboxylic acids is 2. The van der Waals surface area contributed by atoms with Crippen LogP contribution in [0.3, 0.4) is 0 Å². The van der Waals surface area contributed by atoms with E-state index < -0.39 is 28.5 Å². The highest BCUT2D eigenvalue weighted by Gasteiger charge is 2.33. The van der Waals surface area contributed by atoms with E-state index in [1.807, 2.05) is 82.3 Å². The summed E-state index contributed by atoms with van der Waals surface area (Å²) in [6.07, 6.45) is 0.302. The van der Waals surface area contributed by atoms with E-state index in [2.05, 4.69) is 5.32 Å². The number of sulfonamides is 1. The van der Waals surface area contributed by atoms with Gasteiger partial charge >= 0.3 is 0 Å². The van der Waals surface area contributed by atoms with Gasteiger partial charge in [-0.2, -0.15) is 4.31 Å². The molecule has 0 bridgehead atoms. The maximum Gasteiger partial charge on any atom is 0.243 e. The molecule has 1 atom stereocenters. The van der Waals surface area contributed by atoms with Crippen molar-refractivity contribution in [2.75, 3.05) is 20.1 Å². The predicted octanol–water partition coefficient (Wildman–Crippen LogP) is 4.34. The van der Waals surface area contributed by atoms with Crippen LogP contribution in [0.25, 0.3) is 0 Å². The van der Waals surface area contributed by atoms with Crippen LogP contribution in [-0.4, -0.2) is 55.6 Å². The fourth-order valence-corrected chi connectivity index (χ4v) is 5.36. The average Bonchev–Trinajstić information content (AvgIpc) is 2.90. The first-order valence-electron chi connectivity index (χ1n) is 13.2. The molecule has 0 aromatic heterocycles. The third-order valence-corrected chi connectivity index (χ3v) is 8.30. The van der Waals surface area contributed by atoms with Crippen molar-refractivity contribution in [3.63, 3.8) is 0 Å². The number of carbonyl (C=O) groups is 2. The van der Waals surface area contributed by atoms with E-state index in [0.717, 1.165) is 26.6 Å². The van der Waals surface area contributed by atoms with E-state index in [1.54, 1.807) is 12.1 Å². The second-order valence-corrected chi connectivity index (χ2v) is 12.5. The van der Waals surface area contributed by atoms with E-state index in [1.165, 1.54) is 24.1 Å². The topological polar surface area (TPSA) is 86.8 Å². The molecule has 0 radical (unpaired) electrons. The smallest absolute Gasteiger partial charge is 0.243 e. The summed E-state index contributed by atoms with van der Waals surface area (Å²) in [4.78, 5) is 29.1. The van der Waals surface area contributed by atoms with Crippen molar-refractivity contribution in [3.8, 4) is 0 Å². The Balaban J connectivity index is 1.96. The molecule has 8 heteroatoms. The van der Waals surface area contributed by atoms with E-state index >= 15 is 0 Å². The Morgan fingerprint density at radius 2 is 1.49 bits per heavy atom. The fourth-order valence-electron chi connectivity index (χ4n) is 4.24. The molecular weight excluding hydrogens is 510 g/mol. The van der Waals surface area contributed by atoms with Crippen LogP contribution in [0.15, 0.2) is 83.8 Å². The lowest BCUT2D eigenvalue weighted by atomic mass is 10.0. The molecule has 3 rings (SSSR count). The van der Waals surface area contributed by atoms with Crippen molar-refractivity contribution in [1.29, 1.82) is 0 Å². The van der Waals surface area contributed by atoms with Gasteiger partial charge in [-0.25, -0.2) is 8.42 Å². The zero-order valence-corrected chi connectivity index (χ0v) is 24.2. The molecule has 1 N–H and O–H groups in total. The van der Waals surface area contributed by atoms with Gasteiger partial charge in [-0.1, -0.05) is 91.7 Å². The Hall–Kier alpha value is -3.49. The van der Waals surface area contributed by atoms with Crippen molar-refractivity contribution in [1.82, 2.24) is 14.5 Å². The van der Waals surface area contributed by atoms with Gasteiger partial charge in [0.2, 0.25) is 21.8 Å². The monoisotopic (exact) mass is 549 g/mol. The lowest BCUT2D eigenvalue weighted by molar-refractivity contribution is -0.141. The first-order chi connectivity index (χ1) is 18.5. The maximum atomic E-state index is 13.9. The van der Waals surface area contributed by atoms with Gasteiger partial charge in [0.25, 0.3) is 0 Å². The molecule has 7 nitrogen and oxygen atoms in total. The summed E-state index contributed by atoms with van der Waals surface area (Å²) in [6, 6.07) is 23.0. The molecule has 2 amide bonds. The van der Waals surface area contributed by atoms with E-state index in [4.69, 9.17) is 0 Å². The summed E-state index contributed by atoms with van der Waals surface area (Å²) in [5, 5.41) is 2.98. The fraction of sp³-hybridized carbons (Fsp3) is 0.355. The number of rotatable bonds is 12. The molecule has 39 heavy (non-hydrogen) atoms. The Morgan fingerprint density at radius 1 is 0.846 bits per heavy atom. The molecule has 1 unspecified atom stereocenters. The number of likely N-dealkylation sites (N-methyl/N-ethyl adjacent to an activating group) is 1. The first kappa shape index (κ1) is 30.1. The highest BCUT2D eigenvalue weighted by atomic mass is 32.2. The second-order valence-electron chi connectivity index (χ2n) is 10.4. The summed E-state index contributed by atoms with van der Waals surface area (Å²) >= 11 is 0.